The molecule has 4 rings (SSSR count). The third kappa shape index (κ3) is 8.09. The number of aromatic nitrogens is 1. The van der Waals surface area contributed by atoms with Gasteiger partial charge in [0.05, 0.1) is 24.8 Å². The molecule has 228 valence electrons. The van der Waals surface area contributed by atoms with Crippen molar-refractivity contribution in [3.05, 3.63) is 35.5 Å². The fraction of sp³-hybridized carbons (Fsp3) is 0.567. The lowest BCUT2D eigenvalue weighted by atomic mass is 10.1. The molecule has 2 aromatic rings. The van der Waals surface area contributed by atoms with E-state index in [1.54, 1.807) is 21.8 Å². The number of hydrogen-bond donors (Lipinski definition) is 1. The number of ether oxygens (including phenoxy) is 3. The molecule has 1 aromatic carbocycles. The maximum absolute atomic E-state index is 13.1. The van der Waals surface area contributed by atoms with E-state index in [1.165, 1.54) is 6.07 Å². The summed E-state index contributed by atoms with van der Waals surface area (Å²) in [7, 11) is 1.65. The van der Waals surface area contributed by atoms with E-state index in [0.717, 1.165) is 31.2 Å². The number of rotatable bonds is 10. The SMILES string of the molecule is CCCCOC(=O)N1CCN(C(=O)CNC(=O)c2cc(OCC(=O)N3CCCC(OC)C3)c3ccc(C)cc3n2)CC1. The van der Waals surface area contributed by atoms with Gasteiger partial charge < -0.3 is 34.2 Å². The van der Waals surface area contributed by atoms with Crippen LogP contribution < -0.4 is 10.1 Å². The predicted octanol–water partition coefficient (Wildman–Crippen LogP) is 2.37. The molecule has 2 aliphatic heterocycles. The lowest BCUT2D eigenvalue weighted by Gasteiger charge is -2.34. The Bertz CT molecular complexity index is 1280. The first-order chi connectivity index (χ1) is 20.3. The van der Waals surface area contributed by atoms with E-state index in [0.29, 0.717) is 62.5 Å². The van der Waals surface area contributed by atoms with Crippen molar-refractivity contribution < 1.29 is 33.4 Å². The zero-order valence-corrected chi connectivity index (χ0v) is 24.7. The molecule has 2 fully saturated rings. The second-order valence-corrected chi connectivity index (χ2v) is 10.7. The number of piperidine rings is 1. The van der Waals surface area contributed by atoms with Gasteiger partial charge in [0.2, 0.25) is 5.91 Å². The Morgan fingerprint density at radius 1 is 1.00 bits per heavy atom. The summed E-state index contributed by atoms with van der Waals surface area (Å²) >= 11 is 0. The van der Waals surface area contributed by atoms with E-state index in [2.05, 4.69) is 10.3 Å². The number of benzene rings is 1. The van der Waals surface area contributed by atoms with E-state index >= 15 is 0 Å². The van der Waals surface area contributed by atoms with Crippen LogP contribution in [0.4, 0.5) is 4.79 Å². The van der Waals surface area contributed by atoms with Crippen LogP contribution in [0.15, 0.2) is 24.3 Å². The van der Waals surface area contributed by atoms with Crippen LogP contribution >= 0.6 is 0 Å². The number of nitrogens with one attached hydrogen (secondary N) is 1. The quantitative estimate of drug-likeness (QED) is 0.422. The molecule has 0 radical (unpaired) electrons. The molecule has 3 heterocycles. The van der Waals surface area contributed by atoms with Crippen LogP contribution in [0.2, 0.25) is 0 Å². The second kappa shape index (κ2) is 14.8. The predicted molar refractivity (Wildman–Crippen MR) is 155 cm³/mol. The molecular weight excluding hydrogens is 542 g/mol. The molecule has 12 nitrogen and oxygen atoms in total. The van der Waals surface area contributed by atoms with Crippen LogP contribution in [0.1, 0.15) is 48.7 Å². The van der Waals surface area contributed by atoms with Gasteiger partial charge in [-0.25, -0.2) is 9.78 Å². The number of nitrogens with zero attached hydrogens (tertiary/aromatic N) is 4. The van der Waals surface area contributed by atoms with Crippen molar-refractivity contribution in [2.75, 3.05) is 66.1 Å². The molecular formula is C30H41N5O7. The molecule has 1 aromatic heterocycles. The highest BCUT2D eigenvalue weighted by molar-refractivity contribution is 5.98. The summed E-state index contributed by atoms with van der Waals surface area (Å²) in [4.78, 5) is 60.3. The zero-order valence-electron chi connectivity index (χ0n) is 24.7. The largest absolute Gasteiger partial charge is 0.483 e. The highest BCUT2D eigenvalue weighted by Gasteiger charge is 2.26. The molecule has 1 N–H and O–H groups in total. The number of aryl methyl sites for hydroxylation is 1. The smallest absolute Gasteiger partial charge is 0.409 e. The van der Waals surface area contributed by atoms with E-state index < -0.39 is 5.91 Å². The second-order valence-electron chi connectivity index (χ2n) is 10.7. The molecule has 2 saturated heterocycles. The summed E-state index contributed by atoms with van der Waals surface area (Å²) in [6.45, 7) is 6.59. The van der Waals surface area contributed by atoms with Gasteiger partial charge in [-0.05, 0) is 43.9 Å². The van der Waals surface area contributed by atoms with Crippen LogP contribution in [0.5, 0.6) is 5.75 Å². The Morgan fingerprint density at radius 3 is 2.50 bits per heavy atom. The minimum atomic E-state index is -0.528. The molecule has 2 aliphatic rings. The van der Waals surface area contributed by atoms with E-state index in [-0.39, 0.29) is 42.9 Å². The van der Waals surface area contributed by atoms with Crippen LogP contribution in [0.3, 0.4) is 0 Å². The van der Waals surface area contributed by atoms with Gasteiger partial charge in [-0.1, -0.05) is 19.4 Å². The van der Waals surface area contributed by atoms with Crippen molar-refractivity contribution in [1.29, 1.82) is 0 Å². The number of carbonyl (C=O) groups is 4. The first kappa shape index (κ1) is 31.0. The molecule has 0 spiro atoms. The number of methoxy groups -OCH3 is 1. The summed E-state index contributed by atoms with van der Waals surface area (Å²) in [5, 5.41) is 3.34. The van der Waals surface area contributed by atoms with Crippen molar-refractivity contribution in [3.63, 3.8) is 0 Å². The zero-order chi connectivity index (χ0) is 30.1. The number of pyridine rings is 1. The van der Waals surface area contributed by atoms with Crippen molar-refractivity contribution in [1.82, 2.24) is 25.0 Å². The summed E-state index contributed by atoms with van der Waals surface area (Å²) in [6.07, 6.45) is 3.19. The van der Waals surface area contributed by atoms with Gasteiger partial charge in [-0.2, -0.15) is 0 Å². The highest BCUT2D eigenvalue weighted by Crippen LogP contribution is 2.27. The van der Waals surface area contributed by atoms with Gasteiger partial charge in [-0.3, -0.25) is 14.4 Å². The van der Waals surface area contributed by atoms with Crippen molar-refractivity contribution in [2.24, 2.45) is 0 Å². The van der Waals surface area contributed by atoms with E-state index in [9.17, 15) is 19.2 Å². The normalized spacial score (nSPS) is 17.2. The number of piperazine rings is 1. The molecule has 0 aliphatic carbocycles. The molecule has 42 heavy (non-hydrogen) atoms. The summed E-state index contributed by atoms with van der Waals surface area (Å²) in [5.74, 6) is -0.566. The first-order valence-corrected chi connectivity index (χ1v) is 14.6. The molecule has 4 amide bonds. The Hall–Kier alpha value is -3.93. The maximum atomic E-state index is 13.1. The van der Waals surface area contributed by atoms with Gasteiger partial charge >= 0.3 is 6.09 Å². The van der Waals surface area contributed by atoms with Gasteiger partial charge in [0, 0.05) is 57.8 Å². The number of likely N-dealkylation sites (tertiary alicyclic amines) is 1. The fourth-order valence-corrected chi connectivity index (χ4v) is 5.02. The number of amides is 4. The van der Waals surface area contributed by atoms with Crippen molar-refractivity contribution >= 4 is 34.7 Å². The van der Waals surface area contributed by atoms with Crippen molar-refractivity contribution in [2.45, 2.75) is 45.6 Å². The monoisotopic (exact) mass is 583 g/mol. The van der Waals surface area contributed by atoms with Crippen LogP contribution in [0, 0.1) is 6.92 Å². The summed E-state index contributed by atoms with van der Waals surface area (Å²) < 4.78 is 16.6. The van der Waals surface area contributed by atoms with Gasteiger partial charge in [0.1, 0.15) is 11.4 Å². The van der Waals surface area contributed by atoms with E-state index in [4.69, 9.17) is 14.2 Å². The maximum Gasteiger partial charge on any atom is 0.409 e. The fourth-order valence-electron chi connectivity index (χ4n) is 5.02. The minimum absolute atomic E-state index is 0.0152. The number of unbranched alkanes of at least 4 members (excludes halogenated alkanes) is 1. The Balaban J connectivity index is 1.35. The number of carbonyl (C=O) groups excluding carboxylic acids is 4. The first-order valence-electron chi connectivity index (χ1n) is 14.6. The van der Waals surface area contributed by atoms with Gasteiger partial charge in [0.15, 0.2) is 6.61 Å². The third-order valence-electron chi connectivity index (χ3n) is 7.59. The summed E-state index contributed by atoms with van der Waals surface area (Å²) in [6, 6.07) is 7.10. The molecule has 0 bridgehead atoms. The molecule has 1 atom stereocenters. The minimum Gasteiger partial charge on any atom is -0.483 e. The van der Waals surface area contributed by atoms with E-state index in [1.807, 2.05) is 32.0 Å². The average Bonchev–Trinajstić information content (AvgIpc) is 3.01. The van der Waals surface area contributed by atoms with Gasteiger partial charge in [-0.15, -0.1) is 0 Å². The Labute approximate surface area is 246 Å². The van der Waals surface area contributed by atoms with Gasteiger partial charge in [0.25, 0.3) is 11.8 Å². The Kier molecular flexibility index (Phi) is 10.9. The lowest BCUT2D eigenvalue weighted by Crippen LogP contribution is -2.52. The molecule has 1 unspecified atom stereocenters. The molecule has 0 saturated carbocycles. The molecule has 12 heteroatoms. The lowest BCUT2D eigenvalue weighted by molar-refractivity contribution is -0.136. The van der Waals surface area contributed by atoms with Crippen LogP contribution in [-0.4, -0.2) is 116 Å². The van der Waals surface area contributed by atoms with Crippen LogP contribution in [-0.2, 0) is 19.1 Å². The average molecular weight is 584 g/mol. The third-order valence-corrected chi connectivity index (χ3v) is 7.59. The number of fused-ring (bicyclic) bond motifs is 1. The highest BCUT2D eigenvalue weighted by atomic mass is 16.6. The Morgan fingerprint density at radius 2 is 1.76 bits per heavy atom. The topological polar surface area (TPSA) is 131 Å². The number of hydrogen-bond acceptors (Lipinski definition) is 8. The van der Waals surface area contributed by atoms with Crippen LogP contribution in [0.25, 0.3) is 10.9 Å². The van der Waals surface area contributed by atoms with Crippen molar-refractivity contribution in [3.8, 4) is 5.75 Å². The standard InChI is InChI=1S/C30H41N5O7/c1-4-5-15-41-30(39)34-13-11-33(12-14-34)27(36)18-31-29(38)25-17-26(23-9-8-21(2)16-24(23)32-25)42-20-28(37)35-10-6-7-22(19-35)40-3/h8-9,16-17,22H,4-7,10-15,18-20H2,1-3H3,(H,31,38). The summed E-state index contributed by atoms with van der Waals surface area (Å²) in [5.41, 5.74) is 1.59.